The van der Waals surface area contributed by atoms with Crippen molar-refractivity contribution in [3.8, 4) is 22.8 Å². The molecular formula is C30H31ClN4O4. The maximum Gasteiger partial charge on any atom is 0.314 e. The quantitative estimate of drug-likeness (QED) is 0.333. The molecule has 0 radical (unpaired) electrons. The van der Waals surface area contributed by atoms with Crippen molar-refractivity contribution in [1.82, 2.24) is 19.4 Å². The fourth-order valence-corrected chi connectivity index (χ4v) is 5.44. The van der Waals surface area contributed by atoms with Crippen LogP contribution in [0.25, 0.3) is 32.9 Å². The van der Waals surface area contributed by atoms with Crippen LogP contribution < -0.4 is 10.3 Å². The molecule has 8 nitrogen and oxygen atoms in total. The van der Waals surface area contributed by atoms with Crippen LogP contribution in [0.3, 0.4) is 0 Å². The van der Waals surface area contributed by atoms with E-state index < -0.39 is 0 Å². The van der Waals surface area contributed by atoms with E-state index >= 15 is 0 Å². The van der Waals surface area contributed by atoms with Gasteiger partial charge in [-0.15, -0.1) is 0 Å². The van der Waals surface area contributed by atoms with Gasteiger partial charge >= 0.3 is 5.56 Å². The Morgan fingerprint density at radius 3 is 2.64 bits per heavy atom. The topological polar surface area (TPSA) is 87.9 Å². The first kappa shape index (κ1) is 26.7. The fourth-order valence-electron chi connectivity index (χ4n) is 5.18. The lowest BCUT2D eigenvalue weighted by atomic mass is 9.97. The summed E-state index contributed by atoms with van der Waals surface area (Å²) in [7, 11) is 3.86. The summed E-state index contributed by atoms with van der Waals surface area (Å²) < 4.78 is 7.61. The summed E-state index contributed by atoms with van der Waals surface area (Å²) in [5.74, 6) is 0.0495. The first-order valence-corrected chi connectivity index (χ1v) is 13.3. The van der Waals surface area contributed by atoms with Crippen molar-refractivity contribution in [1.29, 1.82) is 0 Å². The van der Waals surface area contributed by atoms with Crippen LogP contribution in [0.2, 0.25) is 5.02 Å². The molecule has 1 N–H and O–H groups in total. The molecular weight excluding hydrogens is 516 g/mol. The normalized spacial score (nSPS) is 14.3. The van der Waals surface area contributed by atoms with Gasteiger partial charge in [0.05, 0.1) is 16.1 Å². The number of piperidine rings is 1. The number of carbonyl (C=O) groups excluding carboxylic acids is 1. The van der Waals surface area contributed by atoms with E-state index in [1.807, 2.05) is 49.3 Å². The first-order chi connectivity index (χ1) is 18.8. The van der Waals surface area contributed by atoms with Crippen molar-refractivity contribution < 1.29 is 14.6 Å². The molecule has 5 rings (SSSR count). The number of fused-ring (bicyclic) bond motifs is 2. The highest BCUT2D eigenvalue weighted by Gasteiger charge is 2.27. The predicted octanol–water partition coefficient (Wildman–Crippen LogP) is 4.87. The number of likely N-dealkylation sites (N-methyl/N-ethyl adjacent to an activating group) is 1. The second-order valence-corrected chi connectivity index (χ2v) is 10.4. The van der Waals surface area contributed by atoms with Gasteiger partial charge in [-0.2, -0.15) is 0 Å². The van der Waals surface area contributed by atoms with Gasteiger partial charge in [0.2, 0.25) is 5.91 Å². The molecule has 2 heterocycles. The van der Waals surface area contributed by atoms with Crippen molar-refractivity contribution in [3.05, 3.63) is 76.6 Å². The van der Waals surface area contributed by atoms with Gasteiger partial charge in [-0.3, -0.25) is 14.2 Å². The summed E-state index contributed by atoms with van der Waals surface area (Å²) in [6, 6.07) is 14.6. The van der Waals surface area contributed by atoms with Crippen LogP contribution in [-0.4, -0.2) is 70.7 Å². The second-order valence-electron chi connectivity index (χ2n) is 10.0. The third-order valence-electron chi connectivity index (χ3n) is 7.18. The molecule has 202 valence electrons. The molecule has 39 heavy (non-hydrogen) atoms. The Labute approximate surface area is 231 Å². The number of aromatic hydroxyl groups is 1. The lowest BCUT2D eigenvalue weighted by molar-refractivity contribution is -0.127. The van der Waals surface area contributed by atoms with Crippen LogP contribution in [0.4, 0.5) is 0 Å². The van der Waals surface area contributed by atoms with E-state index in [-0.39, 0.29) is 29.1 Å². The molecule has 4 aromatic rings. The highest BCUT2D eigenvalue weighted by atomic mass is 35.5. The van der Waals surface area contributed by atoms with Gasteiger partial charge in [0.1, 0.15) is 12.4 Å². The highest BCUT2D eigenvalue weighted by Crippen LogP contribution is 2.39. The van der Waals surface area contributed by atoms with Crippen LogP contribution in [0.1, 0.15) is 18.9 Å². The van der Waals surface area contributed by atoms with Crippen molar-refractivity contribution in [3.63, 3.8) is 0 Å². The number of hydrogen-bond donors (Lipinski definition) is 1. The van der Waals surface area contributed by atoms with Crippen molar-refractivity contribution in [2.45, 2.75) is 18.9 Å². The molecule has 1 aromatic heterocycles. The van der Waals surface area contributed by atoms with E-state index in [0.29, 0.717) is 60.7 Å². The molecule has 1 fully saturated rings. The summed E-state index contributed by atoms with van der Waals surface area (Å²) in [6.45, 7) is 5.56. The summed E-state index contributed by atoms with van der Waals surface area (Å²) in [4.78, 5) is 34.2. The minimum Gasteiger partial charge on any atom is -0.508 e. The molecule has 1 amide bonds. The minimum absolute atomic E-state index is 0.0305. The van der Waals surface area contributed by atoms with Gasteiger partial charge < -0.3 is 19.6 Å². The fraction of sp³-hybridized carbons (Fsp3) is 0.300. The van der Waals surface area contributed by atoms with Gasteiger partial charge in [0, 0.05) is 31.2 Å². The summed E-state index contributed by atoms with van der Waals surface area (Å²) >= 11 is 6.87. The Morgan fingerprint density at radius 2 is 1.92 bits per heavy atom. The lowest BCUT2D eigenvalue weighted by Crippen LogP contribution is -2.40. The number of likely N-dealkylation sites (tertiary alicyclic amines) is 1. The Balaban J connectivity index is 1.65. The van der Waals surface area contributed by atoms with Crippen molar-refractivity contribution in [2.75, 3.05) is 40.3 Å². The molecule has 1 aliphatic heterocycles. The number of ether oxygens (including phenoxy) is 1. The van der Waals surface area contributed by atoms with Crippen molar-refractivity contribution in [2.24, 2.45) is 0 Å². The number of phenolic OH excluding ortho intramolecular Hbond substituents is 1. The van der Waals surface area contributed by atoms with E-state index in [4.69, 9.17) is 16.3 Å². The number of hydrogen-bond acceptors (Lipinski definition) is 6. The van der Waals surface area contributed by atoms with Gasteiger partial charge in [-0.05, 0) is 73.6 Å². The number of amides is 1. The zero-order chi connectivity index (χ0) is 27.7. The number of phenols is 1. The smallest absolute Gasteiger partial charge is 0.314 e. The van der Waals surface area contributed by atoms with E-state index in [2.05, 4.69) is 11.6 Å². The maximum atomic E-state index is 13.7. The van der Waals surface area contributed by atoms with Crippen LogP contribution in [-0.2, 0) is 4.79 Å². The molecule has 0 aliphatic carbocycles. The zero-order valence-corrected chi connectivity index (χ0v) is 22.8. The van der Waals surface area contributed by atoms with E-state index in [0.717, 1.165) is 16.3 Å². The number of carbonyl (C=O) groups is 1. The monoisotopic (exact) mass is 546 g/mol. The number of halogens is 1. The summed E-state index contributed by atoms with van der Waals surface area (Å²) in [5.41, 5.74) is 2.31. The molecule has 0 unspecified atom stereocenters. The lowest BCUT2D eigenvalue weighted by Gasteiger charge is -2.33. The average molecular weight is 547 g/mol. The molecule has 0 spiro atoms. The number of benzene rings is 3. The zero-order valence-electron chi connectivity index (χ0n) is 22.1. The van der Waals surface area contributed by atoms with E-state index in [9.17, 15) is 14.7 Å². The van der Waals surface area contributed by atoms with Gasteiger partial charge in [-0.25, -0.2) is 4.98 Å². The molecule has 0 bridgehead atoms. The molecule has 1 saturated heterocycles. The Bertz CT molecular complexity index is 1620. The number of nitrogens with zero attached hydrogens (tertiary/aromatic N) is 4. The van der Waals surface area contributed by atoms with Crippen LogP contribution in [0, 0.1) is 0 Å². The van der Waals surface area contributed by atoms with Crippen LogP contribution in [0.5, 0.6) is 11.6 Å². The Kier molecular flexibility index (Phi) is 7.59. The SMILES string of the molecule is C=CC(=O)N1CCC(n2c(=O)c(OCCN(C)C)nc3cc(-c4cc(O)cc5ccccc45)c(Cl)cc32)CC1. The molecule has 0 atom stereocenters. The predicted molar refractivity (Wildman–Crippen MR) is 155 cm³/mol. The molecule has 3 aromatic carbocycles. The number of aromatic nitrogens is 2. The third-order valence-corrected chi connectivity index (χ3v) is 7.49. The summed E-state index contributed by atoms with van der Waals surface area (Å²) in [5, 5.41) is 12.7. The van der Waals surface area contributed by atoms with E-state index in [1.165, 1.54) is 6.08 Å². The van der Waals surface area contributed by atoms with Crippen molar-refractivity contribution >= 4 is 39.3 Å². The minimum atomic E-state index is -0.318. The second kappa shape index (κ2) is 11.1. The average Bonchev–Trinajstić information content (AvgIpc) is 2.92. The first-order valence-electron chi connectivity index (χ1n) is 12.9. The van der Waals surface area contributed by atoms with Gasteiger partial charge in [-0.1, -0.05) is 42.4 Å². The van der Waals surface area contributed by atoms with Crippen LogP contribution >= 0.6 is 11.6 Å². The largest absolute Gasteiger partial charge is 0.508 e. The summed E-state index contributed by atoms with van der Waals surface area (Å²) in [6.07, 6.45) is 2.52. The van der Waals surface area contributed by atoms with Gasteiger partial charge in [0.25, 0.3) is 5.88 Å². The number of rotatable bonds is 7. The third kappa shape index (κ3) is 5.35. The Morgan fingerprint density at radius 1 is 1.18 bits per heavy atom. The maximum absolute atomic E-state index is 13.7. The standard InChI is InChI=1S/C30H31ClN4O4/c1-4-28(37)34-11-9-20(10-12-34)35-27-18-25(31)24(23-16-21(36)15-19-7-5-6-8-22(19)23)17-26(27)32-29(30(35)38)39-14-13-33(2)3/h4-8,15-18,20,36H,1,9-14H2,2-3H3. The molecule has 1 aliphatic rings. The Hall–Kier alpha value is -3.88. The van der Waals surface area contributed by atoms with E-state index in [1.54, 1.807) is 27.7 Å². The van der Waals surface area contributed by atoms with Crippen LogP contribution in [0.15, 0.2) is 66.0 Å². The molecule has 9 heteroatoms. The highest BCUT2D eigenvalue weighted by molar-refractivity contribution is 6.34. The van der Waals surface area contributed by atoms with Gasteiger partial charge in [0.15, 0.2) is 0 Å². The molecule has 0 saturated carbocycles.